The first-order valence-electron chi connectivity index (χ1n) is 4.38. The maximum Gasteiger partial charge on any atom is 0.389 e. The molecule has 0 heterocycles. The summed E-state index contributed by atoms with van der Waals surface area (Å²) in [4.78, 5) is 0. The van der Waals surface area contributed by atoms with E-state index in [9.17, 15) is 26.3 Å². The summed E-state index contributed by atoms with van der Waals surface area (Å²) in [6.07, 6.45) is -8.71. The van der Waals surface area contributed by atoms with Gasteiger partial charge in [0.1, 0.15) is 0 Å². The van der Waals surface area contributed by atoms with Gasteiger partial charge in [-0.05, 0) is 21.7 Å². The Hall–Kier alpha value is 1.04. The lowest BCUT2D eigenvalue weighted by Crippen LogP contribution is -2.06. The van der Waals surface area contributed by atoms with Crippen molar-refractivity contribution < 1.29 is 26.3 Å². The van der Waals surface area contributed by atoms with Crippen LogP contribution in [0.2, 0.25) is 0 Å². The van der Waals surface area contributed by atoms with Crippen molar-refractivity contribution in [2.45, 2.75) is 38.0 Å². The van der Waals surface area contributed by atoms with Crippen molar-refractivity contribution >= 4 is 45.2 Å². The first-order valence-corrected chi connectivity index (χ1v) is 7.43. The summed E-state index contributed by atoms with van der Waals surface area (Å²) in [7, 11) is 0. The van der Waals surface area contributed by atoms with Crippen LogP contribution in [0, 0.1) is 0 Å². The van der Waals surface area contributed by atoms with E-state index in [2.05, 4.69) is 0 Å². The Kier molecular flexibility index (Phi) is 12.1. The number of alkyl halides is 8. The lowest BCUT2D eigenvalue weighted by Gasteiger charge is -2.01. The molecule has 0 bridgehead atoms. The Bertz CT molecular complexity index is 136. The van der Waals surface area contributed by atoms with Gasteiger partial charge in [0.2, 0.25) is 0 Å². The average molecular weight is 476 g/mol. The van der Waals surface area contributed by atoms with Gasteiger partial charge in [-0.25, -0.2) is 0 Å². The highest BCUT2D eigenvalue weighted by atomic mass is 127. The van der Waals surface area contributed by atoms with E-state index in [-0.39, 0.29) is 12.8 Å². The van der Waals surface area contributed by atoms with Crippen LogP contribution in [0.4, 0.5) is 26.3 Å². The van der Waals surface area contributed by atoms with Gasteiger partial charge in [0.15, 0.2) is 0 Å². The molecular formula is C8H12F6I2. The standard InChI is InChI=1S/2C4H6F3I/c2*5-4(6,7)2-1-3-8/h2*1-3H2. The van der Waals surface area contributed by atoms with Crippen LogP contribution >= 0.6 is 45.2 Å². The molecule has 0 rings (SSSR count). The van der Waals surface area contributed by atoms with Gasteiger partial charge in [0, 0.05) is 12.8 Å². The molecule has 0 aliphatic heterocycles. The van der Waals surface area contributed by atoms with Gasteiger partial charge >= 0.3 is 12.4 Å². The first-order chi connectivity index (χ1) is 7.12. The minimum absolute atomic E-state index is 0.240. The second-order valence-corrected chi connectivity index (χ2v) is 4.97. The van der Waals surface area contributed by atoms with E-state index in [1.54, 1.807) is 0 Å². The summed E-state index contributed by atoms with van der Waals surface area (Å²) < 4.78 is 68.6. The van der Waals surface area contributed by atoms with Gasteiger partial charge in [-0.15, -0.1) is 0 Å². The fourth-order valence-corrected chi connectivity index (χ4v) is 1.30. The van der Waals surface area contributed by atoms with Crippen LogP contribution in [0.3, 0.4) is 0 Å². The SMILES string of the molecule is FC(F)(F)CCCI.FC(F)(F)CCCI. The minimum atomic E-state index is -3.95. The van der Waals surface area contributed by atoms with Gasteiger partial charge in [-0.3, -0.25) is 0 Å². The molecule has 0 amide bonds. The molecule has 0 aromatic carbocycles. The van der Waals surface area contributed by atoms with Gasteiger partial charge in [-0.1, -0.05) is 45.2 Å². The van der Waals surface area contributed by atoms with Crippen LogP contribution in [-0.4, -0.2) is 21.2 Å². The van der Waals surface area contributed by atoms with Gasteiger partial charge in [0.25, 0.3) is 0 Å². The summed E-state index contributed by atoms with van der Waals surface area (Å²) in [5.74, 6) is 0. The van der Waals surface area contributed by atoms with Crippen molar-refractivity contribution in [3.05, 3.63) is 0 Å². The van der Waals surface area contributed by atoms with Crippen molar-refractivity contribution in [2.75, 3.05) is 8.86 Å². The fraction of sp³-hybridized carbons (Fsp3) is 1.00. The largest absolute Gasteiger partial charge is 0.389 e. The molecule has 0 saturated carbocycles. The molecule has 0 aliphatic rings. The predicted molar refractivity (Wildman–Crippen MR) is 68.4 cm³/mol. The third-order valence-corrected chi connectivity index (χ3v) is 2.71. The molecule has 0 atom stereocenters. The third-order valence-electron chi connectivity index (χ3n) is 1.19. The topological polar surface area (TPSA) is 0 Å². The molecule has 0 radical (unpaired) electrons. The van der Waals surface area contributed by atoms with Crippen LogP contribution in [-0.2, 0) is 0 Å². The summed E-state index contributed by atoms with van der Waals surface area (Å²) in [6.45, 7) is 0. The van der Waals surface area contributed by atoms with E-state index in [1.165, 1.54) is 0 Å². The molecular weight excluding hydrogens is 464 g/mol. The smallest absolute Gasteiger partial charge is 0.171 e. The highest BCUT2D eigenvalue weighted by Gasteiger charge is 2.25. The van der Waals surface area contributed by atoms with E-state index in [0.717, 1.165) is 0 Å². The Labute approximate surface area is 118 Å². The Morgan fingerprint density at radius 1 is 0.625 bits per heavy atom. The van der Waals surface area contributed by atoms with Crippen LogP contribution in [0.25, 0.3) is 0 Å². The molecule has 16 heavy (non-hydrogen) atoms. The second kappa shape index (κ2) is 10.0. The number of halogens is 8. The number of rotatable bonds is 4. The molecule has 0 unspecified atom stereocenters. The zero-order chi connectivity index (χ0) is 13.2. The molecule has 0 N–H and O–H groups in total. The zero-order valence-electron chi connectivity index (χ0n) is 8.27. The molecule has 100 valence electrons. The van der Waals surface area contributed by atoms with Gasteiger partial charge < -0.3 is 0 Å². The highest BCUT2D eigenvalue weighted by Crippen LogP contribution is 2.22. The molecule has 0 fully saturated rings. The van der Waals surface area contributed by atoms with Crippen LogP contribution in [0.5, 0.6) is 0 Å². The van der Waals surface area contributed by atoms with Crippen molar-refractivity contribution in [3.63, 3.8) is 0 Å². The van der Waals surface area contributed by atoms with Crippen molar-refractivity contribution in [3.8, 4) is 0 Å². The summed E-state index contributed by atoms with van der Waals surface area (Å²) in [5, 5.41) is 0. The lowest BCUT2D eigenvalue weighted by atomic mass is 10.3. The summed E-state index contributed by atoms with van der Waals surface area (Å²) in [5.41, 5.74) is 0. The van der Waals surface area contributed by atoms with Gasteiger partial charge in [-0.2, -0.15) is 26.3 Å². The van der Waals surface area contributed by atoms with E-state index in [4.69, 9.17) is 0 Å². The summed E-state index contributed by atoms with van der Waals surface area (Å²) in [6, 6.07) is 0. The normalized spacial score (nSPS) is 12.0. The van der Waals surface area contributed by atoms with Crippen LogP contribution in [0.15, 0.2) is 0 Å². The molecule has 0 aromatic heterocycles. The maximum absolute atomic E-state index is 11.2. The third kappa shape index (κ3) is 24.3. The maximum atomic E-state index is 11.2. The Balaban J connectivity index is 0. The average Bonchev–Trinajstić information content (AvgIpc) is 2.10. The first kappa shape index (κ1) is 19.4. The Morgan fingerprint density at radius 2 is 0.875 bits per heavy atom. The van der Waals surface area contributed by atoms with Crippen molar-refractivity contribution in [1.82, 2.24) is 0 Å². The quantitative estimate of drug-likeness (QED) is 0.285. The molecule has 0 aliphatic carbocycles. The van der Waals surface area contributed by atoms with Crippen molar-refractivity contribution in [2.24, 2.45) is 0 Å². The number of hydrogen-bond donors (Lipinski definition) is 0. The lowest BCUT2D eigenvalue weighted by molar-refractivity contribution is -0.135. The van der Waals surface area contributed by atoms with Crippen LogP contribution < -0.4 is 0 Å². The monoisotopic (exact) mass is 476 g/mol. The minimum Gasteiger partial charge on any atom is -0.171 e. The molecule has 0 saturated heterocycles. The number of hydrogen-bond acceptors (Lipinski definition) is 0. The highest BCUT2D eigenvalue weighted by molar-refractivity contribution is 14.1. The van der Waals surface area contributed by atoms with E-state index in [1.807, 2.05) is 45.2 Å². The van der Waals surface area contributed by atoms with Crippen LogP contribution in [0.1, 0.15) is 25.7 Å². The Morgan fingerprint density at radius 3 is 0.938 bits per heavy atom. The predicted octanol–water partition coefficient (Wildman–Crippen LogP) is 5.53. The van der Waals surface area contributed by atoms with E-state index >= 15 is 0 Å². The fourth-order valence-electron chi connectivity index (χ4n) is 0.535. The van der Waals surface area contributed by atoms with E-state index in [0.29, 0.717) is 8.86 Å². The molecule has 0 spiro atoms. The van der Waals surface area contributed by atoms with Crippen molar-refractivity contribution in [1.29, 1.82) is 0 Å². The second-order valence-electron chi connectivity index (χ2n) is 2.82. The van der Waals surface area contributed by atoms with E-state index < -0.39 is 25.2 Å². The zero-order valence-corrected chi connectivity index (χ0v) is 12.6. The molecule has 0 aromatic rings. The molecule has 0 nitrogen and oxygen atoms in total. The van der Waals surface area contributed by atoms with Gasteiger partial charge in [0.05, 0.1) is 0 Å². The summed E-state index contributed by atoms with van der Waals surface area (Å²) >= 11 is 3.85. The molecule has 8 heteroatoms.